The second-order valence-corrected chi connectivity index (χ2v) is 10.8. The van der Waals surface area contributed by atoms with Gasteiger partial charge in [0.05, 0.1) is 17.8 Å². The number of hydrogen-bond donors (Lipinski definition) is 2. The number of nitrogens with one attached hydrogen (secondary N) is 2. The van der Waals surface area contributed by atoms with E-state index in [1.165, 1.54) is 10.4 Å². The lowest BCUT2D eigenvalue weighted by Gasteiger charge is -2.37. The van der Waals surface area contributed by atoms with Crippen molar-refractivity contribution in [3.05, 3.63) is 63.7 Å². The Morgan fingerprint density at radius 1 is 1.28 bits per heavy atom. The van der Waals surface area contributed by atoms with Gasteiger partial charge in [0.25, 0.3) is 5.91 Å². The fourth-order valence-corrected chi connectivity index (χ4v) is 5.62. The lowest BCUT2D eigenvalue weighted by molar-refractivity contribution is 0.0938. The van der Waals surface area contributed by atoms with Gasteiger partial charge < -0.3 is 10.6 Å². The Morgan fingerprint density at radius 2 is 2.09 bits per heavy atom. The molecular weight excluding hydrogens is 420 g/mol. The van der Waals surface area contributed by atoms with Gasteiger partial charge >= 0.3 is 0 Å². The quantitative estimate of drug-likeness (QED) is 0.616. The van der Waals surface area contributed by atoms with Crippen LogP contribution in [0.25, 0.3) is 0 Å². The monoisotopic (exact) mass is 450 g/mol. The summed E-state index contributed by atoms with van der Waals surface area (Å²) in [5.74, 6) is 0.729. The van der Waals surface area contributed by atoms with Crippen LogP contribution in [0.4, 0.5) is 5.82 Å². The van der Waals surface area contributed by atoms with Gasteiger partial charge in [-0.15, -0.1) is 11.3 Å². The van der Waals surface area contributed by atoms with Crippen LogP contribution in [0.15, 0.2) is 42.7 Å². The number of fused-ring (bicyclic) bond motifs is 1. The van der Waals surface area contributed by atoms with Crippen molar-refractivity contribution in [2.45, 2.75) is 57.8 Å². The van der Waals surface area contributed by atoms with Crippen molar-refractivity contribution in [1.29, 1.82) is 0 Å². The fourth-order valence-electron chi connectivity index (χ4n) is 4.80. The average Bonchev–Trinajstić information content (AvgIpc) is 3.48. The Kier molecular flexibility index (Phi) is 5.51. The highest BCUT2D eigenvalue weighted by atomic mass is 32.1. The first-order valence-corrected chi connectivity index (χ1v) is 12.1. The summed E-state index contributed by atoms with van der Waals surface area (Å²) < 4.78 is 1.95. The standard InChI is InChI=1S/C24H30N6OS/c1-16-12-25-23(32-16)20-11-24(2,3)30-21(28-20)19(13-26-30)22(31)27-18-9-10-29(15-18)14-17-7-5-4-6-8-17/h4-8,12-13,18,20,28H,9-11,14-15H2,1-3H3,(H,27,31). The molecular formula is C24H30N6OS. The predicted molar refractivity (Wildman–Crippen MR) is 127 cm³/mol. The van der Waals surface area contributed by atoms with Gasteiger partial charge in [0.15, 0.2) is 0 Å². The SMILES string of the molecule is Cc1cnc(C2CC(C)(C)n3ncc(C(=O)NC4CCN(Cc5ccccc5)C4)c3N2)s1. The van der Waals surface area contributed by atoms with Gasteiger partial charge in [0.1, 0.15) is 16.4 Å². The molecule has 0 saturated carbocycles. The third-order valence-corrected chi connectivity index (χ3v) is 7.42. The van der Waals surface area contributed by atoms with Gasteiger partial charge in [0.2, 0.25) is 0 Å². The van der Waals surface area contributed by atoms with Crippen LogP contribution in [-0.2, 0) is 12.1 Å². The average molecular weight is 451 g/mol. The second-order valence-electron chi connectivity index (χ2n) is 9.52. The van der Waals surface area contributed by atoms with Crippen LogP contribution in [0.2, 0.25) is 0 Å². The highest BCUT2D eigenvalue weighted by molar-refractivity contribution is 7.11. The molecule has 0 aliphatic carbocycles. The molecule has 7 nitrogen and oxygen atoms in total. The normalized spacial score (nSPS) is 22.3. The maximum absolute atomic E-state index is 13.2. The molecule has 2 aliphatic rings. The van der Waals surface area contributed by atoms with Crippen LogP contribution in [0.3, 0.4) is 0 Å². The summed E-state index contributed by atoms with van der Waals surface area (Å²) in [5.41, 5.74) is 1.71. The van der Waals surface area contributed by atoms with Crippen LogP contribution < -0.4 is 10.6 Å². The number of benzene rings is 1. The van der Waals surface area contributed by atoms with Gasteiger partial charge in [-0.25, -0.2) is 9.67 Å². The molecule has 0 bridgehead atoms. The summed E-state index contributed by atoms with van der Waals surface area (Å²) in [5, 5.41) is 12.4. The first-order chi connectivity index (χ1) is 15.4. The number of aryl methyl sites for hydroxylation is 1. The molecule has 3 aromatic rings. The highest BCUT2D eigenvalue weighted by Gasteiger charge is 2.38. The number of carbonyl (C=O) groups excluding carboxylic acids is 1. The molecule has 2 atom stereocenters. The molecule has 8 heteroatoms. The first-order valence-electron chi connectivity index (χ1n) is 11.2. The highest BCUT2D eigenvalue weighted by Crippen LogP contribution is 2.40. The lowest BCUT2D eigenvalue weighted by atomic mass is 9.93. The number of likely N-dealkylation sites (tertiary alicyclic amines) is 1. The van der Waals surface area contributed by atoms with Crippen molar-refractivity contribution in [3.8, 4) is 0 Å². The molecule has 1 saturated heterocycles. The van der Waals surface area contributed by atoms with E-state index in [1.807, 2.05) is 16.9 Å². The van der Waals surface area contributed by atoms with E-state index < -0.39 is 0 Å². The van der Waals surface area contributed by atoms with Crippen LogP contribution >= 0.6 is 11.3 Å². The molecule has 32 heavy (non-hydrogen) atoms. The van der Waals surface area contributed by atoms with Gasteiger partial charge in [-0.1, -0.05) is 30.3 Å². The number of thiazole rings is 1. The summed E-state index contributed by atoms with van der Waals surface area (Å²) in [6.45, 7) is 9.17. The molecule has 1 aromatic carbocycles. The smallest absolute Gasteiger partial charge is 0.256 e. The molecule has 2 aliphatic heterocycles. The predicted octanol–water partition coefficient (Wildman–Crippen LogP) is 3.94. The molecule has 5 rings (SSSR count). The number of anilines is 1. The molecule has 0 radical (unpaired) electrons. The number of carbonyl (C=O) groups is 1. The fraction of sp³-hybridized carbons (Fsp3) is 0.458. The zero-order chi connectivity index (χ0) is 22.3. The Balaban J connectivity index is 1.28. The molecule has 4 heterocycles. The van der Waals surface area contributed by atoms with Gasteiger partial charge in [-0.2, -0.15) is 5.10 Å². The lowest BCUT2D eigenvalue weighted by Crippen LogP contribution is -2.40. The summed E-state index contributed by atoms with van der Waals surface area (Å²) in [4.78, 5) is 21.4. The molecule has 1 fully saturated rings. The van der Waals surface area contributed by atoms with E-state index in [-0.39, 0.29) is 23.5 Å². The third kappa shape index (κ3) is 4.17. The Bertz CT molecular complexity index is 1100. The van der Waals surface area contributed by atoms with Crippen LogP contribution in [0.5, 0.6) is 0 Å². The van der Waals surface area contributed by atoms with E-state index in [0.717, 1.165) is 43.3 Å². The van der Waals surface area contributed by atoms with E-state index in [0.29, 0.717) is 5.56 Å². The summed E-state index contributed by atoms with van der Waals surface area (Å²) in [7, 11) is 0. The first kappa shape index (κ1) is 21.2. The van der Waals surface area contributed by atoms with Crippen LogP contribution in [0.1, 0.15) is 58.5 Å². The number of rotatable bonds is 5. The molecule has 2 unspecified atom stereocenters. The number of hydrogen-bond acceptors (Lipinski definition) is 6. The van der Waals surface area contributed by atoms with E-state index in [1.54, 1.807) is 17.5 Å². The van der Waals surface area contributed by atoms with Crippen molar-refractivity contribution in [3.63, 3.8) is 0 Å². The zero-order valence-electron chi connectivity index (χ0n) is 18.8. The molecule has 0 spiro atoms. The summed E-state index contributed by atoms with van der Waals surface area (Å²) >= 11 is 1.70. The van der Waals surface area contributed by atoms with Crippen molar-refractivity contribution in [2.75, 3.05) is 18.4 Å². The van der Waals surface area contributed by atoms with E-state index in [9.17, 15) is 4.79 Å². The van der Waals surface area contributed by atoms with Crippen LogP contribution in [-0.4, -0.2) is 44.7 Å². The topological polar surface area (TPSA) is 75.1 Å². The van der Waals surface area contributed by atoms with Crippen molar-refractivity contribution < 1.29 is 4.79 Å². The minimum atomic E-state index is -0.205. The van der Waals surface area contributed by atoms with Gasteiger partial charge in [0, 0.05) is 36.8 Å². The third-order valence-electron chi connectivity index (χ3n) is 6.40. The van der Waals surface area contributed by atoms with E-state index in [2.05, 4.69) is 70.7 Å². The van der Waals surface area contributed by atoms with Gasteiger partial charge in [-0.05, 0) is 39.2 Å². The molecule has 2 aromatic heterocycles. The van der Waals surface area contributed by atoms with E-state index in [4.69, 9.17) is 0 Å². The summed E-state index contributed by atoms with van der Waals surface area (Å²) in [6, 6.07) is 10.7. The largest absolute Gasteiger partial charge is 0.360 e. The van der Waals surface area contributed by atoms with Crippen LogP contribution in [0, 0.1) is 6.92 Å². The molecule has 1 amide bonds. The van der Waals surface area contributed by atoms with E-state index >= 15 is 0 Å². The van der Waals surface area contributed by atoms with Crippen molar-refractivity contribution in [1.82, 2.24) is 25.0 Å². The number of aromatic nitrogens is 3. The minimum Gasteiger partial charge on any atom is -0.360 e. The Labute approximate surface area is 192 Å². The summed E-state index contributed by atoms with van der Waals surface area (Å²) in [6.07, 6.45) is 5.44. The Morgan fingerprint density at radius 3 is 2.84 bits per heavy atom. The van der Waals surface area contributed by atoms with Crippen molar-refractivity contribution in [2.24, 2.45) is 0 Å². The zero-order valence-corrected chi connectivity index (χ0v) is 19.7. The number of nitrogens with zero attached hydrogens (tertiary/aromatic N) is 4. The maximum Gasteiger partial charge on any atom is 0.256 e. The van der Waals surface area contributed by atoms with Gasteiger partial charge in [-0.3, -0.25) is 9.69 Å². The Hall–Kier alpha value is -2.71. The minimum absolute atomic E-state index is 0.0583. The molecule has 168 valence electrons. The maximum atomic E-state index is 13.2. The van der Waals surface area contributed by atoms with Crippen molar-refractivity contribution >= 4 is 23.1 Å². The second kappa shape index (κ2) is 8.33. The molecule has 2 N–H and O–H groups in total. The number of amides is 1.